The summed E-state index contributed by atoms with van der Waals surface area (Å²) in [7, 11) is 0. The minimum atomic E-state index is -0.0413. The standard InChI is InChI=1S/C16H25N3O/c1-10(2)14-8-13(9-15(17)19-14)16(20)18-11(3)12-6-4-5-7-12/h8-12H,4-7H2,1-3H3,(H2,17,19)(H,18,20). The highest BCUT2D eigenvalue weighted by molar-refractivity contribution is 5.95. The van der Waals surface area contributed by atoms with E-state index in [-0.39, 0.29) is 17.9 Å². The summed E-state index contributed by atoms with van der Waals surface area (Å²) < 4.78 is 0. The molecule has 2 rings (SSSR count). The van der Waals surface area contributed by atoms with Gasteiger partial charge in [0.05, 0.1) is 0 Å². The van der Waals surface area contributed by atoms with Gasteiger partial charge in [-0.2, -0.15) is 0 Å². The molecule has 4 nitrogen and oxygen atoms in total. The number of anilines is 1. The Hall–Kier alpha value is -1.58. The molecule has 0 bridgehead atoms. The zero-order valence-electron chi connectivity index (χ0n) is 12.6. The van der Waals surface area contributed by atoms with Crippen LogP contribution in [0.5, 0.6) is 0 Å². The number of nitrogen functional groups attached to an aromatic ring is 1. The second-order valence-corrected chi connectivity index (χ2v) is 6.17. The fourth-order valence-corrected chi connectivity index (χ4v) is 2.87. The molecule has 0 radical (unpaired) electrons. The first kappa shape index (κ1) is 14.8. The minimum absolute atomic E-state index is 0.0413. The molecule has 20 heavy (non-hydrogen) atoms. The lowest BCUT2D eigenvalue weighted by Crippen LogP contribution is -2.37. The predicted molar refractivity (Wildman–Crippen MR) is 81.6 cm³/mol. The highest BCUT2D eigenvalue weighted by atomic mass is 16.1. The van der Waals surface area contributed by atoms with Crippen molar-refractivity contribution in [2.75, 3.05) is 5.73 Å². The average molecular weight is 275 g/mol. The van der Waals surface area contributed by atoms with Gasteiger partial charge in [-0.1, -0.05) is 26.7 Å². The highest BCUT2D eigenvalue weighted by Gasteiger charge is 2.23. The van der Waals surface area contributed by atoms with Gasteiger partial charge in [0.2, 0.25) is 0 Å². The van der Waals surface area contributed by atoms with Crippen LogP contribution in [0.4, 0.5) is 5.82 Å². The van der Waals surface area contributed by atoms with Gasteiger partial charge in [-0.25, -0.2) is 4.98 Å². The van der Waals surface area contributed by atoms with E-state index < -0.39 is 0 Å². The number of nitrogens with one attached hydrogen (secondary N) is 1. The summed E-state index contributed by atoms with van der Waals surface area (Å²) in [6.45, 7) is 6.19. The molecule has 1 aromatic rings. The first-order valence-corrected chi connectivity index (χ1v) is 7.55. The van der Waals surface area contributed by atoms with Crippen LogP contribution < -0.4 is 11.1 Å². The molecule has 1 aliphatic rings. The van der Waals surface area contributed by atoms with Crippen LogP contribution in [0, 0.1) is 5.92 Å². The second kappa shape index (κ2) is 6.25. The summed E-state index contributed by atoms with van der Waals surface area (Å²) >= 11 is 0. The van der Waals surface area contributed by atoms with Gasteiger partial charge in [-0.3, -0.25) is 4.79 Å². The van der Waals surface area contributed by atoms with E-state index in [4.69, 9.17) is 5.73 Å². The van der Waals surface area contributed by atoms with E-state index in [1.165, 1.54) is 25.7 Å². The molecule has 0 aliphatic heterocycles. The van der Waals surface area contributed by atoms with Crippen molar-refractivity contribution < 1.29 is 4.79 Å². The van der Waals surface area contributed by atoms with Crippen LogP contribution in [0.15, 0.2) is 12.1 Å². The summed E-state index contributed by atoms with van der Waals surface area (Å²) in [4.78, 5) is 16.6. The molecule has 1 aliphatic carbocycles. The second-order valence-electron chi connectivity index (χ2n) is 6.17. The summed E-state index contributed by atoms with van der Waals surface area (Å²) in [5.74, 6) is 1.25. The molecule has 1 aromatic heterocycles. The third kappa shape index (κ3) is 3.50. The van der Waals surface area contributed by atoms with Crippen LogP contribution in [0.25, 0.3) is 0 Å². The molecule has 1 fully saturated rings. The third-order valence-corrected chi connectivity index (χ3v) is 4.18. The lowest BCUT2D eigenvalue weighted by Gasteiger charge is -2.20. The SMILES string of the molecule is CC(C)c1cc(C(=O)NC(C)C2CCCC2)cc(N)n1. The zero-order chi connectivity index (χ0) is 14.7. The number of hydrogen-bond donors (Lipinski definition) is 2. The van der Waals surface area contributed by atoms with E-state index in [9.17, 15) is 4.79 Å². The monoisotopic (exact) mass is 275 g/mol. The van der Waals surface area contributed by atoms with Crippen molar-refractivity contribution in [3.63, 3.8) is 0 Å². The molecule has 1 heterocycles. The summed E-state index contributed by atoms with van der Waals surface area (Å²) in [5, 5.41) is 3.11. The number of aromatic nitrogens is 1. The first-order chi connectivity index (χ1) is 9.47. The number of hydrogen-bond acceptors (Lipinski definition) is 3. The van der Waals surface area contributed by atoms with Crippen molar-refractivity contribution >= 4 is 11.7 Å². The number of carbonyl (C=O) groups excluding carboxylic acids is 1. The van der Waals surface area contributed by atoms with E-state index in [1.54, 1.807) is 6.07 Å². The lowest BCUT2D eigenvalue weighted by atomic mass is 9.99. The average Bonchev–Trinajstić information content (AvgIpc) is 2.91. The Labute approximate surface area is 121 Å². The largest absolute Gasteiger partial charge is 0.384 e. The smallest absolute Gasteiger partial charge is 0.251 e. The van der Waals surface area contributed by atoms with Gasteiger partial charge in [0.1, 0.15) is 5.82 Å². The van der Waals surface area contributed by atoms with Crippen molar-refractivity contribution in [2.45, 2.75) is 58.4 Å². The van der Waals surface area contributed by atoms with Gasteiger partial charge in [-0.15, -0.1) is 0 Å². The number of pyridine rings is 1. The number of carbonyl (C=O) groups is 1. The highest BCUT2D eigenvalue weighted by Crippen LogP contribution is 2.27. The van der Waals surface area contributed by atoms with E-state index in [0.717, 1.165) is 5.69 Å². The zero-order valence-corrected chi connectivity index (χ0v) is 12.6. The van der Waals surface area contributed by atoms with E-state index >= 15 is 0 Å². The Kier molecular flexibility index (Phi) is 4.63. The fraction of sp³-hybridized carbons (Fsp3) is 0.625. The molecule has 3 N–H and O–H groups in total. The number of amides is 1. The maximum atomic E-state index is 12.3. The number of nitrogens with zero attached hydrogens (tertiary/aromatic N) is 1. The maximum Gasteiger partial charge on any atom is 0.251 e. The van der Waals surface area contributed by atoms with Crippen molar-refractivity contribution in [1.29, 1.82) is 0 Å². The van der Waals surface area contributed by atoms with E-state index in [1.807, 2.05) is 19.9 Å². The molecular formula is C16H25N3O. The Balaban J connectivity index is 2.08. The maximum absolute atomic E-state index is 12.3. The molecule has 4 heteroatoms. The Morgan fingerprint density at radius 2 is 1.95 bits per heavy atom. The van der Waals surface area contributed by atoms with Crippen LogP contribution in [-0.2, 0) is 0 Å². The van der Waals surface area contributed by atoms with Crippen LogP contribution in [0.1, 0.15) is 68.4 Å². The molecule has 110 valence electrons. The molecule has 1 amide bonds. The van der Waals surface area contributed by atoms with Gasteiger partial charge < -0.3 is 11.1 Å². The molecule has 1 atom stereocenters. The molecule has 0 saturated heterocycles. The normalized spacial score (nSPS) is 17.4. The molecule has 1 unspecified atom stereocenters. The van der Waals surface area contributed by atoms with Crippen LogP contribution >= 0.6 is 0 Å². The van der Waals surface area contributed by atoms with Crippen molar-refractivity contribution in [1.82, 2.24) is 10.3 Å². The van der Waals surface area contributed by atoms with Crippen LogP contribution in [-0.4, -0.2) is 16.9 Å². The third-order valence-electron chi connectivity index (χ3n) is 4.18. The summed E-state index contributed by atoms with van der Waals surface area (Å²) in [5.41, 5.74) is 7.28. The van der Waals surface area contributed by atoms with Gasteiger partial charge in [0.15, 0.2) is 0 Å². The minimum Gasteiger partial charge on any atom is -0.384 e. The van der Waals surface area contributed by atoms with Gasteiger partial charge in [0, 0.05) is 17.3 Å². The Bertz CT molecular complexity index is 479. The molecular weight excluding hydrogens is 250 g/mol. The first-order valence-electron chi connectivity index (χ1n) is 7.55. The van der Waals surface area contributed by atoms with Gasteiger partial charge in [0.25, 0.3) is 5.91 Å². The van der Waals surface area contributed by atoms with E-state index in [2.05, 4.69) is 17.2 Å². The van der Waals surface area contributed by atoms with Crippen LogP contribution in [0.2, 0.25) is 0 Å². The fourth-order valence-electron chi connectivity index (χ4n) is 2.87. The summed E-state index contributed by atoms with van der Waals surface area (Å²) in [6, 6.07) is 3.72. The quantitative estimate of drug-likeness (QED) is 0.887. The van der Waals surface area contributed by atoms with Crippen LogP contribution in [0.3, 0.4) is 0 Å². The number of nitrogens with two attached hydrogens (primary N) is 1. The van der Waals surface area contributed by atoms with Gasteiger partial charge in [-0.05, 0) is 43.7 Å². The lowest BCUT2D eigenvalue weighted by molar-refractivity contribution is 0.0927. The Morgan fingerprint density at radius 3 is 2.55 bits per heavy atom. The van der Waals surface area contributed by atoms with Crippen molar-refractivity contribution in [3.8, 4) is 0 Å². The van der Waals surface area contributed by atoms with Crippen molar-refractivity contribution in [3.05, 3.63) is 23.4 Å². The topological polar surface area (TPSA) is 68.0 Å². The Morgan fingerprint density at radius 1 is 1.30 bits per heavy atom. The van der Waals surface area contributed by atoms with E-state index in [0.29, 0.717) is 17.3 Å². The molecule has 1 saturated carbocycles. The summed E-state index contributed by atoms with van der Waals surface area (Å²) in [6.07, 6.45) is 5.00. The van der Waals surface area contributed by atoms with Gasteiger partial charge >= 0.3 is 0 Å². The number of rotatable bonds is 4. The predicted octanol–water partition coefficient (Wildman–Crippen LogP) is 3.10. The van der Waals surface area contributed by atoms with Crippen molar-refractivity contribution in [2.24, 2.45) is 5.92 Å². The molecule has 0 aromatic carbocycles. The molecule has 0 spiro atoms.